The van der Waals surface area contributed by atoms with Crippen molar-refractivity contribution in [3.05, 3.63) is 24.5 Å². The second-order valence-electron chi connectivity index (χ2n) is 2.80. The van der Waals surface area contributed by atoms with Crippen LogP contribution in [0, 0.1) is 0 Å². The molecule has 0 unspecified atom stereocenters. The van der Waals surface area contributed by atoms with Crippen molar-refractivity contribution in [1.29, 1.82) is 0 Å². The average Bonchev–Trinajstić information content (AvgIpc) is 2.39. The van der Waals surface area contributed by atoms with Crippen LogP contribution in [0.4, 0.5) is 5.69 Å². The lowest BCUT2D eigenvalue weighted by Gasteiger charge is -2.03. The number of nitrogens with zero attached hydrogens (tertiary/aromatic N) is 2. The highest BCUT2D eigenvalue weighted by Gasteiger charge is 2.22. The van der Waals surface area contributed by atoms with Crippen molar-refractivity contribution in [2.45, 2.75) is 0 Å². The van der Waals surface area contributed by atoms with E-state index in [0.717, 1.165) is 14.2 Å². The fourth-order valence-corrected chi connectivity index (χ4v) is 0.917. The molecule has 1 aromatic rings. The van der Waals surface area contributed by atoms with Gasteiger partial charge in [0.05, 0.1) is 26.1 Å². The molecular weight excluding hydrogens is 226 g/mol. The summed E-state index contributed by atoms with van der Waals surface area (Å²) in [6.45, 7) is 0. The van der Waals surface area contributed by atoms with E-state index in [-0.39, 0.29) is 0 Å². The van der Waals surface area contributed by atoms with Crippen molar-refractivity contribution in [1.82, 2.24) is 4.98 Å². The summed E-state index contributed by atoms with van der Waals surface area (Å²) < 4.78 is 8.80. The molecule has 0 amide bonds. The molecule has 7 nitrogen and oxygen atoms in total. The molecule has 0 aromatic carbocycles. The lowest BCUT2D eigenvalue weighted by atomic mass is 10.4. The molecule has 7 heteroatoms. The molecule has 0 radical (unpaired) electrons. The number of carbonyl (C=O) groups excluding carboxylic acids is 2. The third-order valence-corrected chi connectivity index (χ3v) is 1.72. The zero-order chi connectivity index (χ0) is 12.7. The van der Waals surface area contributed by atoms with E-state index < -0.39 is 17.7 Å². The number of pyridine rings is 1. The monoisotopic (exact) mass is 237 g/mol. The number of anilines is 1. The minimum Gasteiger partial charge on any atom is -0.464 e. The van der Waals surface area contributed by atoms with Crippen LogP contribution in [-0.4, -0.2) is 36.9 Å². The Balaban J connectivity index is 2.84. The van der Waals surface area contributed by atoms with Crippen molar-refractivity contribution in [3.8, 4) is 0 Å². The summed E-state index contributed by atoms with van der Waals surface area (Å²) in [4.78, 5) is 26.3. The van der Waals surface area contributed by atoms with E-state index in [1.165, 1.54) is 6.20 Å². The van der Waals surface area contributed by atoms with E-state index in [4.69, 9.17) is 0 Å². The molecule has 0 atom stereocenters. The lowest BCUT2D eigenvalue weighted by molar-refractivity contribution is -0.138. The van der Waals surface area contributed by atoms with Crippen LogP contribution in [0.3, 0.4) is 0 Å². The predicted molar refractivity (Wildman–Crippen MR) is 59.3 cm³/mol. The Bertz CT molecular complexity index is 412. The van der Waals surface area contributed by atoms with Gasteiger partial charge in [-0.3, -0.25) is 10.4 Å². The zero-order valence-electron chi connectivity index (χ0n) is 9.34. The number of nitrogens with one attached hydrogen (secondary N) is 1. The number of hydrogen-bond acceptors (Lipinski definition) is 7. The van der Waals surface area contributed by atoms with E-state index in [2.05, 4.69) is 25.0 Å². The zero-order valence-corrected chi connectivity index (χ0v) is 9.34. The number of aromatic nitrogens is 1. The minimum atomic E-state index is -0.881. The molecule has 0 fully saturated rings. The first-order chi connectivity index (χ1) is 8.19. The van der Waals surface area contributed by atoms with Crippen molar-refractivity contribution < 1.29 is 19.1 Å². The number of rotatable bonds is 4. The van der Waals surface area contributed by atoms with Crippen molar-refractivity contribution >= 4 is 23.3 Å². The number of hydrazone groups is 1. The van der Waals surface area contributed by atoms with E-state index in [1.807, 2.05) is 0 Å². The number of hydrogen-bond donors (Lipinski definition) is 1. The van der Waals surface area contributed by atoms with Gasteiger partial charge in [-0.05, 0) is 12.1 Å². The smallest absolute Gasteiger partial charge is 0.366 e. The van der Waals surface area contributed by atoms with Crippen molar-refractivity contribution in [2.75, 3.05) is 19.6 Å². The molecule has 0 aliphatic carbocycles. The van der Waals surface area contributed by atoms with Crippen LogP contribution in [0.5, 0.6) is 0 Å². The quantitative estimate of drug-likeness (QED) is 0.348. The molecule has 0 saturated carbocycles. The maximum absolute atomic E-state index is 11.2. The van der Waals surface area contributed by atoms with Crippen LogP contribution in [-0.2, 0) is 19.1 Å². The summed E-state index contributed by atoms with van der Waals surface area (Å²) in [6, 6.07) is 3.34. The summed E-state index contributed by atoms with van der Waals surface area (Å²) in [5.41, 5.74) is 2.55. The van der Waals surface area contributed by atoms with Crippen LogP contribution >= 0.6 is 0 Å². The highest BCUT2D eigenvalue weighted by Crippen LogP contribution is 2.02. The largest absolute Gasteiger partial charge is 0.464 e. The fourth-order valence-electron chi connectivity index (χ4n) is 0.917. The molecule has 0 saturated heterocycles. The number of ether oxygens (including phenoxy) is 2. The van der Waals surface area contributed by atoms with E-state index >= 15 is 0 Å². The van der Waals surface area contributed by atoms with E-state index in [9.17, 15) is 9.59 Å². The van der Waals surface area contributed by atoms with Crippen LogP contribution < -0.4 is 5.43 Å². The van der Waals surface area contributed by atoms with Gasteiger partial charge < -0.3 is 9.47 Å². The number of esters is 2. The molecule has 0 aliphatic heterocycles. The van der Waals surface area contributed by atoms with Gasteiger partial charge in [-0.15, -0.1) is 0 Å². The van der Waals surface area contributed by atoms with Crippen molar-refractivity contribution in [3.63, 3.8) is 0 Å². The third-order valence-electron chi connectivity index (χ3n) is 1.72. The van der Waals surface area contributed by atoms with E-state index in [1.54, 1.807) is 18.3 Å². The Morgan fingerprint density at radius 3 is 2.41 bits per heavy atom. The average molecular weight is 237 g/mol. The van der Waals surface area contributed by atoms with Crippen LogP contribution in [0.25, 0.3) is 0 Å². The Hall–Kier alpha value is -2.44. The van der Waals surface area contributed by atoms with Gasteiger partial charge in [0.25, 0.3) is 5.71 Å². The first kappa shape index (κ1) is 12.6. The molecule has 90 valence electrons. The Morgan fingerprint density at radius 1 is 1.29 bits per heavy atom. The van der Waals surface area contributed by atoms with Crippen molar-refractivity contribution in [2.24, 2.45) is 5.10 Å². The number of methoxy groups -OCH3 is 2. The Labute approximate surface area is 97.4 Å². The van der Waals surface area contributed by atoms with Gasteiger partial charge >= 0.3 is 11.9 Å². The minimum absolute atomic E-state index is 0.473. The highest BCUT2D eigenvalue weighted by atomic mass is 16.5. The molecule has 17 heavy (non-hydrogen) atoms. The molecule has 0 spiro atoms. The van der Waals surface area contributed by atoms with Gasteiger partial charge in [0.1, 0.15) is 0 Å². The molecule has 1 heterocycles. The predicted octanol–water partition coefficient (Wildman–Crippen LogP) is 0.196. The summed E-state index contributed by atoms with van der Waals surface area (Å²) in [6.07, 6.45) is 3.06. The first-order valence-corrected chi connectivity index (χ1v) is 4.59. The first-order valence-electron chi connectivity index (χ1n) is 4.59. The summed E-state index contributed by atoms with van der Waals surface area (Å²) >= 11 is 0. The molecule has 0 aliphatic rings. The normalized spacial score (nSPS) is 9.06. The molecule has 1 rings (SSSR count). The van der Waals surface area contributed by atoms with Gasteiger partial charge in [0.15, 0.2) is 0 Å². The molecule has 0 bridgehead atoms. The van der Waals surface area contributed by atoms with Gasteiger partial charge in [-0.25, -0.2) is 9.59 Å². The van der Waals surface area contributed by atoms with Gasteiger partial charge in [0, 0.05) is 6.20 Å². The maximum Gasteiger partial charge on any atom is 0.366 e. The van der Waals surface area contributed by atoms with Gasteiger partial charge in [-0.2, -0.15) is 5.10 Å². The maximum atomic E-state index is 11.2. The molecule has 1 aromatic heterocycles. The fraction of sp³-hybridized carbons (Fsp3) is 0.200. The van der Waals surface area contributed by atoms with E-state index in [0.29, 0.717) is 5.69 Å². The SMILES string of the molecule is COC(=O)C(=NNc1cccnc1)C(=O)OC. The second-order valence-corrected chi connectivity index (χ2v) is 2.80. The Morgan fingerprint density at radius 2 is 1.94 bits per heavy atom. The van der Waals surface area contributed by atoms with Crippen LogP contribution in [0.1, 0.15) is 0 Å². The Kier molecular flexibility index (Phi) is 4.61. The topological polar surface area (TPSA) is 89.9 Å². The summed E-state index contributed by atoms with van der Waals surface area (Å²) in [5.74, 6) is -1.76. The number of carbonyl (C=O) groups is 2. The third kappa shape index (κ3) is 3.56. The molecular formula is C10H11N3O4. The highest BCUT2D eigenvalue weighted by molar-refractivity contribution is 6.62. The van der Waals surface area contributed by atoms with Crippen LogP contribution in [0.15, 0.2) is 29.6 Å². The molecule has 1 N–H and O–H groups in total. The standard InChI is InChI=1S/C10H11N3O4/c1-16-9(14)8(10(15)17-2)13-12-7-4-3-5-11-6-7/h3-6,12H,1-2H3. The second kappa shape index (κ2) is 6.21. The lowest BCUT2D eigenvalue weighted by Crippen LogP contribution is -2.27. The summed E-state index contributed by atoms with van der Waals surface area (Å²) in [7, 11) is 2.29. The van der Waals surface area contributed by atoms with Gasteiger partial charge in [0.2, 0.25) is 0 Å². The van der Waals surface area contributed by atoms with Crippen LogP contribution in [0.2, 0.25) is 0 Å². The van der Waals surface area contributed by atoms with Gasteiger partial charge in [-0.1, -0.05) is 0 Å². The summed E-state index contributed by atoms with van der Waals surface area (Å²) in [5, 5.41) is 3.61.